The van der Waals surface area contributed by atoms with E-state index in [1.807, 2.05) is 13.8 Å². The van der Waals surface area contributed by atoms with E-state index in [0.29, 0.717) is 6.42 Å². The zero-order chi connectivity index (χ0) is 10.0. The van der Waals surface area contributed by atoms with Crippen LogP contribution in [0.5, 0.6) is 0 Å². The van der Waals surface area contributed by atoms with Crippen molar-refractivity contribution in [2.75, 3.05) is 0 Å². The molecule has 0 unspecified atom stereocenters. The van der Waals surface area contributed by atoms with Crippen LogP contribution in [0.1, 0.15) is 15.6 Å². The minimum atomic E-state index is -0.981. The van der Waals surface area contributed by atoms with Crippen LogP contribution in [0.2, 0.25) is 0 Å². The van der Waals surface area contributed by atoms with E-state index in [1.165, 1.54) is 0 Å². The number of carboxylic acid groups (broad SMARTS) is 1. The molecule has 0 bridgehead atoms. The van der Waals surface area contributed by atoms with Gasteiger partial charge in [0.2, 0.25) is 0 Å². The molecule has 0 radical (unpaired) electrons. The normalized spacial score (nSPS) is 12.8. The fraction of sp³-hybridized carbons (Fsp3) is 0.500. The zero-order valence-electron chi connectivity index (χ0n) is 7.57. The van der Waals surface area contributed by atoms with Crippen molar-refractivity contribution in [3.63, 3.8) is 0 Å². The van der Waals surface area contributed by atoms with Crippen LogP contribution in [0.3, 0.4) is 0 Å². The summed E-state index contributed by atoms with van der Waals surface area (Å²) < 4.78 is 0. The van der Waals surface area contributed by atoms with Gasteiger partial charge in [-0.05, 0) is 13.8 Å². The van der Waals surface area contributed by atoms with Crippen molar-refractivity contribution < 1.29 is 9.90 Å². The van der Waals surface area contributed by atoms with E-state index in [1.54, 1.807) is 11.3 Å². The fourth-order valence-electron chi connectivity index (χ4n) is 1.06. The van der Waals surface area contributed by atoms with Crippen molar-refractivity contribution in [1.29, 1.82) is 0 Å². The van der Waals surface area contributed by atoms with Crippen molar-refractivity contribution in [3.8, 4) is 0 Å². The summed E-state index contributed by atoms with van der Waals surface area (Å²) in [5.41, 5.74) is 6.19. The number of nitrogens with zero attached hydrogens (tertiary/aromatic N) is 1. The third-order valence-corrected chi connectivity index (χ3v) is 2.66. The molecule has 0 aromatic carbocycles. The highest BCUT2D eigenvalue weighted by atomic mass is 32.1. The first-order valence-electron chi connectivity index (χ1n) is 3.92. The number of carboxylic acids is 1. The third kappa shape index (κ3) is 2.50. The largest absolute Gasteiger partial charge is 0.480 e. The predicted molar refractivity (Wildman–Crippen MR) is 50.9 cm³/mol. The number of thiazole rings is 1. The van der Waals surface area contributed by atoms with E-state index in [4.69, 9.17) is 10.8 Å². The molecule has 0 saturated carbocycles. The average Bonchev–Trinajstić information content (AvgIpc) is 2.30. The maximum Gasteiger partial charge on any atom is 0.320 e. The first-order chi connectivity index (χ1) is 6.00. The molecular weight excluding hydrogens is 188 g/mol. The van der Waals surface area contributed by atoms with Crippen LogP contribution in [0.15, 0.2) is 0 Å². The van der Waals surface area contributed by atoms with Crippen LogP contribution in [0, 0.1) is 13.8 Å². The quantitative estimate of drug-likeness (QED) is 0.753. The van der Waals surface area contributed by atoms with Gasteiger partial charge in [0.05, 0.1) is 10.7 Å². The molecule has 0 fully saturated rings. The van der Waals surface area contributed by atoms with Gasteiger partial charge in [0.25, 0.3) is 0 Å². The molecule has 1 atom stereocenters. The third-order valence-electron chi connectivity index (χ3n) is 1.73. The van der Waals surface area contributed by atoms with E-state index in [2.05, 4.69) is 4.98 Å². The molecule has 4 nitrogen and oxygen atoms in total. The molecule has 0 aliphatic carbocycles. The molecule has 1 heterocycles. The lowest BCUT2D eigenvalue weighted by atomic mass is 10.1. The maximum absolute atomic E-state index is 10.5. The van der Waals surface area contributed by atoms with Gasteiger partial charge in [0, 0.05) is 11.3 Å². The van der Waals surface area contributed by atoms with Gasteiger partial charge in [-0.1, -0.05) is 0 Å². The van der Waals surface area contributed by atoms with Gasteiger partial charge in [-0.25, -0.2) is 4.98 Å². The summed E-state index contributed by atoms with van der Waals surface area (Å²) in [6.07, 6.45) is 0.311. The average molecular weight is 200 g/mol. The van der Waals surface area contributed by atoms with Crippen molar-refractivity contribution >= 4 is 17.3 Å². The second kappa shape index (κ2) is 3.85. The number of aromatic nitrogens is 1. The number of carbonyl (C=O) groups is 1. The second-order valence-corrected chi connectivity index (χ2v) is 4.29. The summed E-state index contributed by atoms with van der Waals surface area (Å²) in [4.78, 5) is 15.7. The van der Waals surface area contributed by atoms with E-state index in [9.17, 15) is 4.79 Å². The summed E-state index contributed by atoms with van der Waals surface area (Å²) >= 11 is 1.56. The first-order valence-corrected chi connectivity index (χ1v) is 4.73. The van der Waals surface area contributed by atoms with Crippen molar-refractivity contribution in [2.45, 2.75) is 26.3 Å². The van der Waals surface area contributed by atoms with Crippen LogP contribution in [0.25, 0.3) is 0 Å². The Balaban J connectivity index is 2.74. The summed E-state index contributed by atoms with van der Waals surface area (Å²) in [5, 5.41) is 9.54. The van der Waals surface area contributed by atoms with Gasteiger partial charge in [0.1, 0.15) is 6.04 Å². The lowest BCUT2D eigenvalue weighted by molar-refractivity contribution is -0.138. The molecule has 0 saturated heterocycles. The standard InChI is InChI=1S/C8H12N2O2S/c1-4-7(10-5(2)13-4)3-6(9)8(11)12/h6H,3,9H2,1-2H3,(H,11,12)/t6-/m1/s1. The smallest absolute Gasteiger partial charge is 0.320 e. The molecule has 0 aliphatic rings. The van der Waals surface area contributed by atoms with Gasteiger partial charge < -0.3 is 10.8 Å². The summed E-state index contributed by atoms with van der Waals surface area (Å²) in [5.74, 6) is -0.981. The van der Waals surface area contributed by atoms with Crippen LogP contribution in [-0.4, -0.2) is 22.1 Å². The molecule has 1 aromatic heterocycles. The lowest BCUT2D eigenvalue weighted by Crippen LogP contribution is -2.32. The molecule has 5 heteroatoms. The van der Waals surface area contributed by atoms with Crippen molar-refractivity contribution in [2.24, 2.45) is 5.73 Å². The molecule has 3 N–H and O–H groups in total. The monoisotopic (exact) mass is 200 g/mol. The van der Waals surface area contributed by atoms with Gasteiger partial charge in [-0.3, -0.25) is 4.79 Å². The Morgan fingerprint density at radius 1 is 1.69 bits per heavy atom. The first kappa shape index (κ1) is 10.1. The highest BCUT2D eigenvalue weighted by Gasteiger charge is 2.15. The highest BCUT2D eigenvalue weighted by molar-refractivity contribution is 7.11. The summed E-state index contributed by atoms with van der Waals surface area (Å²) in [6.45, 7) is 3.82. The van der Waals surface area contributed by atoms with E-state index in [-0.39, 0.29) is 0 Å². The van der Waals surface area contributed by atoms with Gasteiger partial charge in [-0.15, -0.1) is 11.3 Å². The Morgan fingerprint density at radius 2 is 2.31 bits per heavy atom. The minimum Gasteiger partial charge on any atom is -0.480 e. The van der Waals surface area contributed by atoms with Gasteiger partial charge in [-0.2, -0.15) is 0 Å². The number of hydrogen-bond donors (Lipinski definition) is 2. The SMILES string of the molecule is Cc1nc(C[C@@H](N)C(=O)O)c(C)s1. The summed E-state index contributed by atoms with van der Waals surface area (Å²) in [7, 11) is 0. The Labute approximate surface area is 80.4 Å². The number of nitrogens with two attached hydrogens (primary N) is 1. The van der Waals surface area contributed by atoms with Crippen molar-refractivity contribution in [3.05, 3.63) is 15.6 Å². The second-order valence-electron chi connectivity index (χ2n) is 2.88. The molecule has 0 amide bonds. The van der Waals surface area contributed by atoms with E-state index in [0.717, 1.165) is 15.6 Å². The van der Waals surface area contributed by atoms with Crippen LogP contribution in [0.4, 0.5) is 0 Å². The van der Waals surface area contributed by atoms with Gasteiger partial charge in [0.15, 0.2) is 0 Å². The molecule has 0 spiro atoms. The molecule has 1 aromatic rings. The molecule has 72 valence electrons. The predicted octanol–water partition coefficient (Wildman–Crippen LogP) is 0.714. The van der Waals surface area contributed by atoms with E-state index >= 15 is 0 Å². The number of rotatable bonds is 3. The molecule has 0 aliphatic heterocycles. The zero-order valence-corrected chi connectivity index (χ0v) is 8.39. The Kier molecular flexibility index (Phi) is 3.00. The topological polar surface area (TPSA) is 76.2 Å². The van der Waals surface area contributed by atoms with Crippen LogP contribution >= 0.6 is 11.3 Å². The maximum atomic E-state index is 10.5. The fourth-order valence-corrected chi connectivity index (χ4v) is 1.90. The Morgan fingerprint density at radius 3 is 2.69 bits per heavy atom. The lowest BCUT2D eigenvalue weighted by Gasteiger charge is -2.03. The Hall–Kier alpha value is -0.940. The number of aryl methyl sites for hydroxylation is 2. The highest BCUT2D eigenvalue weighted by Crippen LogP contribution is 2.17. The molecular formula is C8H12N2O2S. The molecule has 1 rings (SSSR count). The van der Waals surface area contributed by atoms with E-state index < -0.39 is 12.0 Å². The van der Waals surface area contributed by atoms with Crippen LogP contribution < -0.4 is 5.73 Å². The van der Waals surface area contributed by atoms with Crippen LogP contribution in [-0.2, 0) is 11.2 Å². The minimum absolute atomic E-state index is 0.311. The van der Waals surface area contributed by atoms with Crippen molar-refractivity contribution in [1.82, 2.24) is 4.98 Å². The molecule has 13 heavy (non-hydrogen) atoms. The number of aliphatic carboxylic acids is 1. The summed E-state index contributed by atoms with van der Waals surface area (Å²) in [6, 6.07) is -0.847. The Bertz CT molecular complexity index is 322. The van der Waals surface area contributed by atoms with Gasteiger partial charge >= 0.3 is 5.97 Å². The number of hydrogen-bond acceptors (Lipinski definition) is 4.